The highest BCUT2D eigenvalue weighted by atomic mass is 35.5. The van der Waals surface area contributed by atoms with Crippen molar-refractivity contribution in [3.05, 3.63) is 52.2 Å². The van der Waals surface area contributed by atoms with E-state index >= 15 is 0 Å². The first-order valence-corrected chi connectivity index (χ1v) is 9.14. The molecule has 0 atom stereocenters. The first kappa shape index (κ1) is 15.5. The molecule has 8 heteroatoms. The molecule has 0 unspecified atom stereocenters. The summed E-state index contributed by atoms with van der Waals surface area (Å²) in [6.45, 7) is 0.252. The lowest BCUT2D eigenvalue weighted by Gasteiger charge is -2.04. The second kappa shape index (κ2) is 6.00. The molecule has 0 fully saturated rings. The van der Waals surface area contributed by atoms with Gasteiger partial charge in [-0.2, -0.15) is 0 Å². The molecule has 3 rings (SSSR count). The van der Waals surface area contributed by atoms with Crippen molar-refractivity contribution in [3.63, 3.8) is 0 Å². The lowest BCUT2D eigenvalue weighted by Crippen LogP contribution is -2.25. The lowest BCUT2D eigenvalue weighted by molar-refractivity contribution is 0.584. The highest BCUT2D eigenvalue weighted by Crippen LogP contribution is 2.25. The SMILES string of the molecule is O=S(=O)(NCCc1c[nH]c2cc(F)ccc12)c1ccc(Cl)s1. The van der Waals surface area contributed by atoms with E-state index in [9.17, 15) is 12.8 Å². The fourth-order valence-corrected chi connectivity index (χ4v) is 4.76. The molecular formula is C14H12ClFN2O2S2. The van der Waals surface area contributed by atoms with Gasteiger partial charge in [-0.25, -0.2) is 17.5 Å². The third-order valence-electron chi connectivity index (χ3n) is 3.23. The summed E-state index contributed by atoms with van der Waals surface area (Å²) in [4.78, 5) is 2.98. The Hall–Kier alpha value is -1.41. The maximum atomic E-state index is 13.1. The molecule has 2 aromatic heterocycles. The molecule has 0 amide bonds. The number of hydrogen-bond donors (Lipinski definition) is 2. The summed E-state index contributed by atoms with van der Waals surface area (Å²) in [6, 6.07) is 7.51. The number of H-pyrrole nitrogens is 1. The predicted octanol–water partition coefficient (Wildman–Crippen LogP) is 3.54. The fourth-order valence-electron chi connectivity index (χ4n) is 2.20. The minimum Gasteiger partial charge on any atom is -0.361 e. The summed E-state index contributed by atoms with van der Waals surface area (Å²) in [7, 11) is -3.54. The predicted molar refractivity (Wildman–Crippen MR) is 86.5 cm³/mol. The van der Waals surface area contributed by atoms with Crippen LogP contribution < -0.4 is 4.72 Å². The molecule has 0 bridgehead atoms. The zero-order chi connectivity index (χ0) is 15.7. The highest BCUT2D eigenvalue weighted by Gasteiger charge is 2.16. The molecule has 1 aromatic carbocycles. The van der Waals surface area contributed by atoms with Crippen LogP contribution in [-0.2, 0) is 16.4 Å². The largest absolute Gasteiger partial charge is 0.361 e. The number of benzene rings is 1. The van der Waals surface area contributed by atoms with Crippen LogP contribution in [-0.4, -0.2) is 19.9 Å². The minimum absolute atomic E-state index is 0.193. The Balaban J connectivity index is 1.70. The first-order chi connectivity index (χ1) is 10.5. The fraction of sp³-hybridized carbons (Fsp3) is 0.143. The molecule has 116 valence electrons. The quantitative estimate of drug-likeness (QED) is 0.732. The summed E-state index contributed by atoms with van der Waals surface area (Å²) in [6.07, 6.45) is 2.27. The van der Waals surface area contributed by atoms with Gasteiger partial charge in [-0.05, 0) is 42.3 Å². The van der Waals surface area contributed by atoms with E-state index in [4.69, 9.17) is 11.6 Å². The average Bonchev–Trinajstić information content (AvgIpc) is 3.05. The molecule has 3 aromatic rings. The van der Waals surface area contributed by atoms with Gasteiger partial charge in [-0.1, -0.05) is 11.6 Å². The van der Waals surface area contributed by atoms with Crippen LogP contribution in [0.5, 0.6) is 0 Å². The third-order valence-corrected chi connectivity index (χ3v) is 6.41. The van der Waals surface area contributed by atoms with E-state index in [1.54, 1.807) is 18.3 Å². The molecule has 4 nitrogen and oxygen atoms in total. The Bertz CT molecular complexity index is 918. The van der Waals surface area contributed by atoms with Gasteiger partial charge in [0.2, 0.25) is 10.0 Å². The Morgan fingerprint density at radius 1 is 1.27 bits per heavy atom. The second-order valence-corrected chi connectivity index (χ2v) is 8.42. The smallest absolute Gasteiger partial charge is 0.250 e. The number of nitrogens with one attached hydrogen (secondary N) is 2. The number of aromatic amines is 1. The van der Waals surface area contributed by atoms with Crippen LogP contribution in [0, 0.1) is 5.82 Å². The molecule has 0 radical (unpaired) electrons. The van der Waals surface area contributed by atoms with Crippen LogP contribution in [0.1, 0.15) is 5.56 Å². The summed E-state index contributed by atoms with van der Waals surface area (Å²) in [5.41, 5.74) is 1.63. The van der Waals surface area contributed by atoms with E-state index < -0.39 is 10.0 Å². The van der Waals surface area contributed by atoms with E-state index in [2.05, 4.69) is 9.71 Å². The number of thiophene rings is 1. The van der Waals surface area contributed by atoms with Gasteiger partial charge < -0.3 is 4.98 Å². The van der Waals surface area contributed by atoms with Crippen molar-refractivity contribution in [1.29, 1.82) is 0 Å². The monoisotopic (exact) mass is 358 g/mol. The van der Waals surface area contributed by atoms with E-state index in [0.717, 1.165) is 22.3 Å². The topological polar surface area (TPSA) is 62.0 Å². The maximum absolute atomic E-state index is 13.1. The second-order valence-electron chi connectivity index (χ2n) is 4.71. The molecule has 22 heavy (non-hydrogen) atoms. The molecule has 0 aliphatic rings. The first-order valence-electron chi connectivity index (χ1n) is 6.46. The van der Waals surface area contributed by atoms with E-state index in [0.29, 0.717) is 16.3 Å². The van der Waals surface area contributed by atoms with Crippen LogP contribution >= 0.6 is 22.9 Å². The lowest BCUT2D eigenvalue weighted by atomic mass is 10.1. The number of halogens is 2. The van der Waals surface area contributed by atoms with Gasteiger partial charge in [-0.3, -0.25) is 0 Å². The van der Waals surface area contributed by atoms with Crippen molar-refractivity contribution in [2.75, 3.05) is 6.54 Å². The van der Waals surface area contributed by atoms with Crippen molar-refractivity contribution in [3.8, 4) is 0 Å². The number of aromatic nitrogens is 1. The van der Waals surface area contributed by atoms with Crippen molar-refractivity contribution in [1.82, 2.24) is 9.71 Å². The molecule has 0 saturated carbocycles. The minimum atomic E-state index is -3.54. The molecule has 0 spiro atoms. The van der Waals surface area contributed by atoms with E-state index in [1.165, 1.54) is 18.2 Å². The molecule has 2 N–H and O–H groups in total. The van der Waals surface area contributed by atoms with Gasteiger partial charge in [0.25, 0.3) is 0 Å². The Morgan fingerprint density at radius 2 is 2.09 bits per heavy atom. The number of rotatable bonds is 5. The Labute approximate surface area is 136 Å². The molecule has 0 aliphatic carbocycles. The van der Waals surface area contributed by atoms with Crippen molar-refractivity contribution in [2.24, 2.45) is 0 Å². The zero-order valence-electron chi connectivity index (χ0n) is 11.3. The van der Waals surface area contributed by atoms with Crippen molar-refractivity contribution in [2.45, 2.75) is 10.6 Å². The summed E-state index contributed by atoms with van der Waals surface area (Å²) < 4.78 is 40.4. The van der Waals surface area contributed by atoms with Gasteiger partial charge in [-0.15, -0.1) is 11.3 Å². The normalized spacial score (nSPS) is 12.1. The molecule has 0 aliphatic heterocycles. The molecule has 2 heterocycles. The Kier molecular flexibility index (Phi) is 4.22. The van der Waals surface area contributed by atoms with Crippen LogP contribution in [0.3, 0.4) is 0 Å². The highest BCUT2D eigenvalue weighted by molar-refractivity contribution is 7.91. The molecular weight excluding hydrogens is 347 g/mol. The Morgan fingerprint density at radius 3 is 2.82 bits per heavy atom. The number of hydrogen-bond acceptors (Lipinski definition) is 3. The number of fused-ring (bicyclic) bond motifs is 1. The summed E-state index contributed by atoms with van der Waals surface area (Å²) in [5, 5.41) is 0.889. The van der Waals surface area contributed by atoms with Crippen molar-refractivity contribution >= 4 is 43.9 Å². The van der Waals surface area contributed by atoms with Crippen LogP contribution in [0.15, 0.2) is 40.7 Å². The maximum Gasteiger partial charge on any atom is 0.250 e. The van der Waals surface area contributed by atoms with Crippen LogP contribution in [0.4, 0.5) is 4.39 Å². The van der Waals surface area contributed by atoms with E-state index in [-0.39, 0.29) is 16.6 Å². The van der Waals surface area contributed by atoms with Crippen molar-refractivity contribution < 1.29 is 12.8 Å². The van der Waals surface area contributed by atoms with Gasteiger partial charge in [0.05, 0.1) is 4.34 Å². The standard InChI is InChI=1S/C14H12ClFN2O2S2/c15-13-3-4-14(21-13)22(19,20)18-6-5-9-8-17-12-7-10(16)1-2-11(9)12/h1-4,7-8,17-18H,5-6H2. The molecule has 0 saturated heterocycles. The van der Waals surface area contributed by atoms with Gasteiger partial charge in [0.1, 0.15) is 10.0 Å². The third kappa shape index (κ3) is 3.17. The summed E-state index contributed by atoms with van der Waals surface area (Å²) >= 11 is 6.77. The average molecular weight is 359 g/mol. The van der Waals surface area contributed by atoms with E-state index in [1.807, 2.05) is 0 Å². The zero-order valence-corrected chi connectivity index (χ0v) is 13.7. The number of sulfonamides is 1. The van der Waals surface area contributed by atoms with Crippen LogP contribution in [0.2, 0.25) is 4.34 Å². The van der Waals surface area contributed by atoms with Gasteiger partial charge >= 0.3 is 0 Å². The van der Waals surface area contributed by atoms with Gasteiger partial charge in [0, 0.05) is 23.6 Å². The summed E-state index contributed by atoms with van der Waals surface area (Å²) in [5.74, 6) is -0.309. The van der Waals surface area contributed by atoms with Crippen LogP contribution in [0.25, 0.3) is 10.9 Å². The van der Waals surface area contributed by atoms with Gasteiger partial charge in [0.15, 0.2) is 0 Å².